The molecule has 162 valence electrons. The van der Waals surface area contributed by atoms with Gasteiger partial charge >= 0.3 is 0 Å². The van der Waals surface area contributed by atoms with Gasteiger partial charge < -0.3 is 10.6 Å². The molecule has 0 radical (unpaired) electrons. The van der Waals surface area contributed by atoms with Crippen molar-refractivity contribution in [1.29, 1.82) is 0 Å². The van der Waals surface area contributed by atoms with E-state index in [9.17, 15) is 9.59 Å². The lowest BCUT2D eigenvalue weighted by Crippen LogP contribution is -2.24. The highest BCUT2D eigenvalue weighted by Crippen LogP contribution is 2.32. The summed E-state index contributed by atoms with van der Waals surface area (Å²) in [6, 6.07) is 16.4. The number of anilines is 2. The van der Waals surface area contributed by atoms with E-state index in [1.807, 2.05) is 24.3 Å². The van der Waals surface area contributed by atoms with Gasteiger partial charge in [0.2, 0.25) is 0 Å². The van der Waals surface area contributed by atoms with E-state index in [4.69, 9.17) is 0 Å². The van der Waals surface area contributed by atoms with Crippen LogP contribution < -0.4 is 10.6 Å². The minimum Gasteiger partial charge on any atom is -0.355 e. The van der Waals surface area contributed by atoms with Gasteiger partial charge in [0.15, 0.2) is 11.6 Å². The van der Waals surface area contributed by atoms with Crippen molar-refractivity contribution >= 4 is 22.9 Å². The van der Waals surface area contributed by atoms with Crippen molar-refractivity contribution < 1.29 is 9.59 Å². The Balaban J connectivity index is 1.65. The van der Waals surface area contributed by atoms with Crippen LogP contribution in [0.4, 0.5) is 11.4 Å². The van der Waals surface area contributed by atoms with Gasteiger partial charge in [-0.25, -0.2) is 0 Å². The second kappa shape index (κ2) is 9.65. The molecule has 0 heterocycles. The Labute approximate surface area is 189 Å². The van der Waals surface area contributed by atoms with E-state index in [1.165, 1.54) is 23.3 Å². The maximum Gasteiger partial charge on any atom is 0.188 e. The third-order valence-electron chi connectivity index (χ3n) is 5.63. The van der Waals surface area contributed by atoms with Crippen LogP contribution in [0, 0.1) is 0 Å². The molecule has 32 heavy (non-hydrogen) atoms. The molecule has 4 rings (SSSR count). The zero-order valence-corrected chi connectivity index (χ0v) is 18.6. The van der Waals surface area contributed by atoms with Gasteiger partial charge in [0.25, 0.3) is 0 Å². The normalized spacial score (nSPS) is 15.3. The van der Waals surface area contributed by atoms with Crippen LogP contribution >= 0.6 is 0 Å². The summed E-state index contributed by atoms with van der Waals surface area (Å²) in [5, 5.41) is 6.66. The smallest absolute Gasteiger partial charge is 0.188 e. The molecule has 4 nitrogen and oxygen atoms in total. The Morgan fingerprint density at radius 2 is 0.938 bits per heavy atom. The summed E-state index contributed by atoms with van der Waals surface area (Å²) in [6.45, 7) is 4.31. The van der Waals surface area contributed by atoms with Crippen molar-refractivity contribution in [3.8, 4) is 0 Å². The van der Waals surface area contributed by atoms with Crippen molar-refractivity contribution in [2.75, 3.05) is 10.6 Å². The Hall–Kier alpha value is -3.66. The summed E-state index contributed by atoms with van der Waals surface area (Å²) < 4.78 is 0. The van der Waals surface area contributed by atoms with Crippen molar-refractivity contribution in [2.24, 2.45) is 0 Å². The molecule has 0 aromatic heterocycles. The van der Waals surface area contributed by atoms with Gasteiger partial charge in [-0.1, -0.05) is 51.0 Å². The average molecular weight is 425 g/mol. The number of hydrogen-bond acceptors (Lipinski definition) is 4. The number of benzene rings is 2. The molecule has 0 saturated heterocycles. The molecule has 0 bridgehead atoms. The first-order valence-electron chi connectivity index (χ1n) is 11.2. The van der Waals surface area contributed by atoms with Crippen LogP contribution in [0.2, 0.25) is 0 Å². The van der Waals surface area contributed by atoms with Crippen LogP contribution in [0.15, 0.2) is 95.4 Å². The number of nitrogens with one attached hydrogen (secondary N) is 2. The minimum atomic E-state index is -0.174. The molecule has 2 aliphatic rings. The number of rotatable bonds is 8. The molecule has 0 fully saturated rings. The van der Waals surface area contributed by atoms with Crippen molar-refractivity contribution in [3.05, 3.63) is 107 Å². The Morgan fingerprint density at radius 3 is 1.28 bits per heavy atom. The van der Waals surface area contributed by atoms with Crippen LogP contribution in [0.3, 0.4) is 0 Å². The number of fused-ring (bicyclic) bond motifs is 1. The number of ketones is 2. The van der Waals surface area contributed by atoms with Crippen LogP contribution in [-0.2, 0) is 22.4 Å². The highest BCUT2D eigenvalue weighted by molar-refractivity contribution is 6.23. The summed E-state index contributed by atoms with van der Waals surface area (Å²) in [5.41, 5.74) is 6.40. The first-order chi connectivity index (χ1) is 15.6. The molecule has 0 atom stereocenters. The monoisotopic (exact) mass is 424 g/mol. The summed E-state index contributed by atoms with van der Waals surface area (Å²) in [6.07, 6.45) is 10.7. The van der Waals surface area contributed by atoms with E-state index in [2.05, 4.69) is 48.7 Å². The molecule has 4 heteroatoms. The topological polar surface area (TPSA) is 58.2 Å². The fraction of sp³-hybridized carbons (Fsp3) is 0.214. The van der Waals surface area contributed by atoms with Gasteiger partial charge in [0.1, 0.15) is 0 Å². The number of carbonyl (C=O) groups is 2. The molecule has 0 spiro atoms. The first-order valence-corrected chi connectivity index (χ1v) is 11.2. The Kier molecular flexibility index (Phi) is 6.50. The van der Waals surface area contributed by atoms with Crippen LogP contribution in [-0.4, -0.2) is 11.6 Å². The molecule has 0 saturated carbocycles. The Morgan fingerprint density at radius 1 is 0.562 bits per heavy atom. The summed E-state index contributed by atoms with van der Waals surface area (Å²) in [7, 11) is 0. The predicted octanol–water partition coefficient (Wildman–Crippen LogP) is 5.90. The lowest BCUT2D eigenvalue weighted by Gasteiger charge is -2.23. The van der Waals surface area contributed by atoms with Gasteiger partial charge in [-0.2, -0.15) is 0 Å². The number of carbonyl (C=O) groups excluding carboxylic acids is 2. The Bertz CT molecular complexity index is 1050. The van der Waals surface area contributed by atoms with Crippen LogP contribution in [0.1, 0.15) is 37.8 Å². The average Bonchev–Trinajstić information content (AvgIpc) is 2.80. The molecule has 2 aromatic carbocycles. The lowest BCUT2D eigenvalue weighted by molar-refractivity contribution is -0.114. The fourth-order valence-corrected chi connectivity index (χ4v) is 4.04. The van der Waals surface area contributed by atoms with Gasteiger partial charge in [0.05, 0.1) is 22.5 Å². The molecule has 2 N–H and O–H groups in total. The van der Waals surface area contributed by atoms with E-state index < -0.39 is 0 Å². The van der Waals surface area contributed by atoms with Gasteiger partial charge in [-0.3, -0.25) is 9.59 Å². The quantitative estimate of drug-likeness (QED) is 0.554. The molecular weight excluding hydrogens is 396 g/mol. The summed E-state index contributed by atoms with van der Waals surface area (Å²) >= 11 is 0. The minimum absolute atomic E-state index is 0.174. The standard InChI is InChI=1S/C28H28N2O2/c1-3-5-19-7-11-21(12-8-19)29-23-15-17-26(32)28-24(16-18-25(31)27(23)28)30-22-13-9-20(6-4-2)10-14-22/h7-18,29-30H,3-6H2,1-2H3. The van der Waals surface area contributed by atoms with Gasteiger partial charge in [0, 0.05) is 11.4 Å². The zero-order valence-electron chi connectivity index (χ0n) is 18.6. The third kappa shape index (κ3) is 4.65. The van der Waals surface area contributed by atoms with Crippen molar-refractivity contribution in [1.82, 2.24) is 0 Å². The molecule has 2 aliphatic carbocycles. The number of allylic oxidation sites excluding steroid dienone is 6. The highest BCUT2D eigenvalue weighted by Gasteiger charge is 2.30. The van der Waals surface area contributed by atoms with E-state index in [0.717, 1.165) is 37.1 Å². The molecule has 0 aliphatic heterocycles. The van der Waals surface area contributed by atoms with E-state index in [1.54, 1.807) is 12.2 Å². The largest absolute Gasteiger partial charge is 0.355 e. The number of hydrogen-bond donors (Lipinski definition) is 2. The van der Waals surface area contributed by atoms with E-state index in [0.29, 0.717) is 22.5 Å². The molecule has 0 unspecified atom stereocenters. The summed E-state index contributed by atoms with van der Waals surface area (Å²) in [5.74, 6) is -0.349. The molecule has 2 aromatic rings. The summed E-state index contributed by atoms with van der Waals surface area (Å²) in [4.78, 5) is 25.6. The highest BCUT2D eigenvalue weighted by atomic mass is 16.1. The van der Waals surface area contributed by atoms with E-state index >= 15 is 0 Å². The maximum absolute atomic E-state index is 12.8. The number of aryl methyl sites for hydroxylation is 2. The second-order valence-electron chi connectivity index (χ2n) is 8.12. The van der Waals surface area contributed by atoms with Crippen molar-refractivity contribution in [3.63, 3.8) is 0 Å². The van der Waals surface area contributed by atoms with Crippen molar-refractivity contribution in [2.45, 2.75) is 39.5 Å². The van der Waals surface area contributed by atoms with E-state index in [-0.39, 0.29) is 11.6 Å². The maximum atomic E-state index is 12.8. The van der Waals surface area contributed by atoms with Gasteiger partial charge in [-0.15, -0.1) is 0 Å². The lowest BCUT2D eigenvalue weighted by atomic mass is 9.86. The van der Waals surface area contributed by atoms with Crippen LogP contribution in [0.25, 0.3) is 0 Å². The van der Waals surface area contributed by atoms with Crippen LogP contribution in [0.5, 0.6) is 0 Å². The van der Waals surface area contributed by atoms with Gasteiger partial charge in [-0.05, 0) is 72.5 Å². The fourth-order valence-electron chi connectivity index (χ4n) is 4.04. The molecule has 0 amide bonds. The zero-order chi connectivity index (χ0) is 22.5. The predicted molar refractivity (Wildman–Crippen MR) is 130 cm³/mol. The third-order valence-corrected chi connectivity index (χ3v) is 5.63. The SMILES string of the molecule is CCCc1ccc(NC2=C3C(=O)C=CC(Nc4ccc(CCC)cc4)=C3C(=O)C=C2)cc1. The first kappa shape index (κ1) is 21.6. The molecular formula is C28H28N2O2. The second-order valence-corrected chi connectivity index (χ2v) is 8.12.